The van der Waals surface area contributed by atoms with Gasteiger partial charge >= 0.3 is 0 Å². The number of carbonyl (C=O) groups is 1. The molecule has 0 aromatic rings. The van der Waals surface area contributed by atoms with Crippen molar-refractivity contribution in [2.45, 2.75) is 34.1 Å². The number of carbonyl (C=O) groups excluding carboxylic acids is 1. The number of hydrogen-bond acceptors (Lipinski definition) is 1. The van der Waals surface area contributed by atoms with E-state index in [9.17, 15) is 4.79 Å². The fraction of sp³-hybridized carbons (Fsp3) is 0.462. The van der Waals surface area contributed by atoms with Crippen molar-refractivity contribution in [1.82, 2.24) is 0 Å². The van der Waals surface area contributed by atoms with Gasteiger partial charge in [0.25, 0.3) is 0 Å². The van der Waals surface area contributed by atoms with Gasteiger partial charge in [-0.15, -0.1) is 0 Å². The van der Waals surface area contributed by atoms with Crippen molar-refractivity contribution in [2.75, 3.05) is 0 Å². The van der Waals surface area contributed by atoms with Gasteiger partial charge in [-0.3, -0.25) is 4.79 Å². The normalized spacial score (nSPS) is 24.4. The van der Waals surface area contributed by atoms with Crippen molar-refractivity contribution in [3.63, 3.8) is 0 Å². The lowest BCUT2D eigenvalue weighted by molar-refractivity contribution is -0.116. The van der Waals surface area contributed by atoms with Crippen molar-refractivity contribution in [3.05, 3.63) is 35.5 Å². The molecule has 0 aliphatic heterocycles. The summed E-state index contributed by atoms with van der Waals surface area (Å²) < 4.78 is 0. The molecule has 0 unspecified atom stereocenters. The van der Waals surface area contributed by atoms with E-state index in [2.05, 4.69) is 19.9 Å². The minimum absolute atomic E-state index is 0.0184. The predicted molar refractivity (Wildman–Crippen MR) is 60.1 cm³/mol. The molecular formula is C13H18O. The Kier molecular flexibility index (Phi) is 3.10. The molecule has 0 fully saturated rings. The first-order valence-corrected chi connectivity index (χ1v) is 5.02. The monoisotopic (exact) mass is 190 g/mol. The van der Waals surface area contributed by atoms with Crippen LogP contribution in [0.5, 0.6) is 0 Å². The molecule has 0 atom stereocenters. The van der Waals surface area contributed by atoms with E-state index in [0.717, 1.165) is 5.57 Å². The molecule has 0 spiro atoms. The third-order valence-corrected chi connectivity index (χ3v) is 2.60. The van der Waals surface area contributed by atoms with Crippen LogP contribution in [0.2, 0.25) is 0 Å². The van der Waals surface area contributed by atoms with Crippen LogP contribution < -0.4 is 0 Å². The van der Waals surface area contributed by atoms with Crippen LogP contribution in [0.3, 0.4) is 0 Å². The zero-order chi connectivity index (χ0) is 10.8. The Morgan fingerprint density at radius 3 is 2.57 bits per heavy atom. The Morgan fingerprint density at radius 2 is 2.07 bits per heavy atom. The first-order valence-electron chi connectivity index (χ1n) is 5.02. The van der Waals surface area contributed by atoms with E-state index in [1.807, 2.05) is 26.0 Å². The van der Waals surface area contributed by atoms with Gasteiger partial charge in [-0.05, 0) is 36.5 Å². The minimum Gasteiger partial charge on any atom is -0.295 e. The molecule has 14 heavy (non-hydrogen) atoms. The fourth-order valence-electron chi connectivity index (χ4n) is 1.98. The van der Waals surface area contributed by atoms with Gasteiger partial charge in [0.2, 0.25) is 0 Å². The Bertz CT molecular complexity index is 327. The van der Waals surface area contributed by atoms with Crippen LogP contribution in [0.1, 0.15) is 34.1 Å². The van der Waals surface area contributed by atoms with Crippen LogP contribution in [0.25, 0.3) is 0 Å². The molecule has 0 bridgehead atoms. The second-order valence-electron chi connectivity index (χ2n) is 4.46. The van der Waals surface area contributed by atoms with Crippen molar-refractivity contribution >= 4 is 5.78 Å². The summed E-state index contributed by atoms with van der Waals surface area (Å²) in [7, 11) is 0. The summed E-state index contributed by atoms with van der Waals surface area (Å²) in [5, 5.41) is 0. The molecule has 0 amide bonds. The largest absolute Gasteiger partial charge is 0.295 e. The molecular weight excluding hydrogens is 172 g/mol. The van der Waals surface area contributed by atoms with Crippen molar-refractivity contribution in [3.8, 4) is 0 Å². The highest BCUT2D eigenvalue weighted by atomic mass is 16.1. The predicted octanol–water partition coefficient (Wildman–Crippen LogP) is 3.43. The summed E-state index contributed by atoms with van der Waals surface area (Å²) >= 11 is 0. The molecule has 1 heteroatoms. The average Bonchev–Trinajstić information content (AvgIpc) is 2.00. The zero-order valence-electron chi connectivity index (χ0n) is 9.42. The van der Waals surface area contributed by atoms with Gasteiger partial charge in [0.05, 0.1) is 0 Å². The lowest BCUT2D eigenvalue weighted by atomic mass is 9.72. The van der Waals surface area contributed by atoms with Gasteiger partial charge in [0, 0.05) is 6.42 Å². The lowest BCUT2D eigenvalue weighted by Crippen LogP contribution is -2.24. The smallest absolute Gasteiger partial charge is 0.156 e. The van der Waals surface area contributed by atoms with Crippen LogP contribution in [-0.2, 0) is 4.79 Å². The number of allylic oxidation sites excluding steroid dienone is 6. The molecule has 0 N–H and O–H groups in total. The number of ketones is 1. The first kappa shape index (κ1) is 11.0. The topological polar surface area (TPSA) is 17.1 Å². The molecule has 0 radical (unpaired) electrons. The molecule has 1 aliphatic carbocycles. The van der Waals surface area contributed by atoms with E-state index in [-0.39, 0.29) is 11.2 Å². The minimum atomic E-state index is -0.0184. The third-order valence-electron chi connectivity index (χ3n) is 2.60. The average molecular weight is 190 g/mol. The van der Waals surface area contributed by atoms with Crippen molar-refractivity contribution < 1.29 is 4.79 Å². The molecule has 0 aromatic carbocycles. The van der Waals surface area contributed by atoms with E-state index < -0.39 is 0 Å². The van der Waals surface area contributed by atoms with Crippen LogP contribution >= 0.6 is 0 Å². The molecule has 0 saturated carbocycles. The van der Waals surface area contributed by atoms with Crippen LogP contribution in [-0.4, -0.2) is 5.78 Å². The maximum atomic E-state index is 11.4. The van der Waals surface area contributed by atoms with E-state index in [1.165, 1.54) is 5.57 Å². The van der Waals surface area contributed by atoms with E-state index in [4.69, 9.17) is 0 Å². The Hall–Kier alpha value is -1.11. The van der Waals surface area contributed by atoms with Crippen molar-refractivity contribution in [2.24, 2.45) is 5.41 Å². The van der Waals surface area contributed by atoms with Gasteiger partial charge in [-0.25, -0.2) is 0 Å². The van der Waals surface area contributed by atoms with E-state index in [0.29, 0.717) is 6.42 Å². The third kappa shape index (κ3) is 2.22. The first-order chi connectivity index (χ1) is 6.47. The summed E-state index contributed by atoms with van der Waals surface area (Å²) in [5.41, 5.74) is 2.36. The summed E-state index contributed by atoms with van der Waals surface area (Å²) in [4.78, 5) is 11.4. The van der Waals surface area contributed by atoms with Gasteiger partial charge in [0.15, 0.2) is 5.78 Å². The fourth-order valence-corrected chi connectivity index (χ4v) is 1.98. The highest BCUT2D eigenvalue weighted by Crippen LogP contribution is 2.38. The van der Waals surface area contributed by atoms with E-state index in [1.54, 1.807) is 6.08 Å². The SMILES string of the molecule is CC=C/C=C1\C(C)=CC(=O)CC1(C)C. The molecule has 0 saturated heterocycles. The Morgan fingerprint density at radius 1 is 1.43 bits per heavy atom. The highest BCUT2D eigenvalue weighted by molar-refractivity contribution is 5.93. The molecule has 1 rings (SSSR count). The second kappa shape index (κ2) is 3.95. The van der Waals surface area contributed by atoms with Gasteiger partial charge in [-0.1, -0.05) is 32.1 Å². The summed E-state index contributed by atoms with van der Waals surface area (Å²) in [5.74, 6) is 0.241. The lowest BCUT2D eigenvalue weighted by Gasteiger charge is -2.31. The zero-order valence-corrected chi connectivity index (χ0v) is 9.42. The molecule has 76 valence electrons. The maximum absolute atomic E-state index is 11.4. The van der Waals surface area contributed by atoms with Gasteiger partial charge in [-0.2, -0.15) is 0 Å². The molecule has 1 nitrogen and oxygen atoms in total. The number of hydrogen-bond donors (Lipinski definition) is 0. The molecule has 0 aromatic heterocycles. The number of rotatable bonds is 1. The quantitative estimate of drug-likeness (QED) is 0.619. The summed E-state index contributed by atoms with van der Waals surface area (Å²) in [6, 6.07) is 0. The standard InChI is InChI=1S/C13H18O/c1-5-6-7-12-10(2)8-11(14)9-13(12,3)4/h5-8H,9H2,1-4H3/b6-5?,12-7+. The van der Waals surface area contributed by atoms with Crippen molar-refractivity contribution in [1.29, 1.82) is 0 Å². The highest BCUT2D eigenvalue weighted by Gasteiger charge is 2.30. The van der Waals surface area contributed by atoms with E-state index >= 15 is 0 Å². The van der Waals surface area contributed by atoms with Crippen LogP contribution in [0.15, 0.2) is 35.5 Å². The van der Waals surface area contributed by atoms with Crippen LogP contribution in [0, 0.1) is 5.41 Å². The van der Waals surface area contributed by atoms with Gasteiger partial charge < -0.3 is 0 Å². The summed E-state index contributed by atoms with van der Waals surface area (Å²) in [6.45, 7) is 8.25. The second-order valence-corrected chi connectivity index (χ2v) is 4.46. The van der Waals surface area contributed by atoms with Gasteiger partial charge in [0.1, 0.15) is 0 Å². The van der Waals surface area contributed by atoms with Crippen LogP contribution in [0.4, 0.5) is 0 Å². The Balaban J connectivity index is 3.13. The maximum Gasteiger partial charge on any atom is 0.156 e. The molecule has 0 heterocycles. The Labute approximate surface area is 86.2 Å². The molecule has 1 aliphatic rings. The summed E-state index contributed by atoms with van der Waals surface area (Å²) in [6.07, 6.45) is 8.52.